The molecule has 1 aromatic carbocycles. The van der Waals surface area contributed by atoms with E-state index in [0.29, 0.717) is 6.42 Å². The first-order chi connectivity index (χ1) is 7.99. The molecule has 0 heterocycles. The summed E-state index contributed by atoms with van der Waals surface area (Å²) >= 11 is 2.97. The summed E-state index contributed by atoms with van der Waals surface area (Å²) in [5.74, 6) is -1.47. The minimum atomic E-state index is -1.04. The lowest BCUT2D eigenvalue weighted by Gasteiger charge is -2.20. The second-order valence-corrected chi connectivity index (χ2v) is 4.85. The van der Waals surface area contributed by atoms with Crippen molar-refractivity contribution in [3.8, 4) is 0 Å². The number of benzene rings is 1. The number of hydrogen-bond donors (Lipinski definition) is 2. The van der Waals surface area contributed by atoms with Gasteiger partial charge in [-0.3, -0.25) is 0 Å². The average Bonchev–Trinajstić information content (AvgIpc) is 2.31. The minimum absolute atomic E-state index is 0.145. The molecule has 0 bridgehead atoms. The Balaban J connectivity index is 2.95. The van der Waals surface area contributed by atoms with Crippen molar-refractivity contribution in [2.45, 2.75) is 38.3 Å². The van der Waals surface area contributed by atoms with Crippen molar-refractivity contribution in [1.29, 1.82) is 0 Å². The monoisotopic (exact) mass is 307 g/mol. The summed E-state index contributed by atoms with van der Waals surface area (Å²) in [6, 6.07) is 1.37. The van der Waals surface area contributed by atoms with Crippen molar-refractivity contribution >= 4 is 15.9 Å². The molecule has 0 aliphatic rings. The number of halogens is 3. The predicted octanol–water partition coefficient (Wildman–Crippen LogP) is 3.28. The van der Waals surface area contributed by atoms with Gasteiger partial charge >= 0.3 is 0 Å². The van der Waals surface area contributed by atoms with Crippen molar-refractivity contribution in [2.24, 2.45) is 5.73 Å². The van der Waals surface area contributed by atoms with Gasteiger partial charge in [0.05, 0.1) is 16.6 Å². The Morgan fingerprint density at radius 2 is 2.06 bits per heavy atom. The molecule has 3 N–H and O–H groups in total. The highest BCUT2D eigenvalue weighted by molar-refractivity contribution is 9.10. The minimum Gasteiger partial charge on any atom is -0.391 e. The highest BCUT2D eigenvalue weighted by atomic mass is 79.9. The molecule has 17 heavy (non-hydrogen) atoms. The largest absolute Gasteiger partial charge is 0.391 e. The van der Waals surface area contributed by atoms with Gasteiger partial charge in [0.25, 0.3) is 0 Å². The predicted molar refractivity (Wildman–Crippen MR) is 66.5 cm³/mol. The third-order valence-electron chi connectivity index (χ3n) is 2.68. The van der Waals surface area contributed by atoms with Gasteiger partial charge in [0.1, 0.15) is 11.6 Å². The highest BCUT2D eigenvalue weighted by Crippen LogP contribution is 2.28. The maximum Gasteiger partial charge on any atom is 0.145 e. The van der Waals surface area contributed by atoms with Gasteiger partial charge in [-0.25, -0.2) is 8.78 Å². The fraction of sp³-hybridized carbons (Fsp3) is 0.500. The molecule has 0 saturated carbocycles. The van der Waals surface area contributed by atoms with Gasteiger partial charge < -0.3 is 10.8 Å². The first-order valence-corrected chi connectivity index (χ1v) is 6.35. The summed E-state index contributed by atoms with van der Waals surface area (Å²) in [7, 11) is 0. The van der Waals surface area contributed by atoms with Gasteiger partial charge in [-0.05, 0) is 34.5 Å². The van der Waals surface area contributed by atoms with Crippen LogP contribution in [0.2, 0.25) is 0 Å². The third-order valence-corrected chi connectivity index (χ3v) is 3.29. The quantitative estimate of drug-likeness (QED) is 0.820. The molecule has 1 aromatic rings. The Morgan fingerprint density at radius 3 is 2.65 bits per heavy atom. The fourth-order valence-electron chi connectivity index (χ4n) is 1.63. The first-order valence-electron chi connectivity index (χ1n) is 5.56. The Hall–Kier alpha value is -0.520. The number of hydrogen-bond acceptors (Lipinski definition) is 2. The smallest absolute Gasteiger partial charge is 0.145 e. The van der Waals surface area contributed by atoms with Crippen molar-refractivity contribution < 1.29 is 13.9 Å². The zero-order chi connectivity index (χ0) is 13.0. The zero-order valence-corrected chi connectivity index (χ0v) is 11.2. The molecule has 2 nitrogen and oxygen atoms in total. The van der Waals surface area contributed by atoms with Crippen LogP contribution in [0, 0.1) is 11.6 Å². The summed E-state index contributed by atoms with van der Waals surface area (Å²) in [5, 5.41) is 9.77. The molecule has 5 heteroatoms. The van der Waals surface area contributed by atoms with Crippen LogP contribution in [0.1, 0.15) is 37.8 Å². The SMILES string of the molecule is CCCC[C@@H](O)[C@@H](N)c1c(F)ccc(Br)c1F. The first kappa shape index (κ1) is 14.5. The fourth-order valence-corrected chi connectivity index (χ4v) is 1.98. The van der Waals surface area contributed by atoms with Gasteiger partial charge in [-0.1, -0.05) is 19.8 Å². The molecule has 0 spiro atoms. The lowest BCUT2D eigenvalue weighted by atomic mass is 9.97. The molecule has 0 saturated heterocycles. The Kier molecular flexibility index (Phi) is 5.49. The van der Waals surface area contributed by atoms with E-state index >= 15 is 0 Å². The molecular weight excluding hydrogens is 292 g/mol. The molecule has 2 atom stereocenters. The van der Waals surface area contributed by atoms with Gasteiger partial charge in [-0.15, -0.1) is 0 Å². The van der Waals surface area contributed by atoms with E-state index in [1.165, 1.54) is 6.07 Å². The standard InChI is InChI=1S/C12H16BrF2NO/c1-2-3-4-9(17)12(16)10-8(14)6-5-7(13)11(10)15/h5-6,9,12,17H,2-4,16H2,1H3/t9-,12-/m1/s1. The van der Waals surface area contributed by atoms with E-state index in [1.807, 2.05) is 6.92 Å². The second-order valence-electron chi connectivity index (χ2n) is 3.99. The summed E-state index contributed by atoms with van der Waals surface area (Å²) in [4.78, 5) is 0. The van der Waals surface area contributed by atoms with E-state index in [1.54, 1.807) is 0 Å². The van der Waals surface area contributed by atoms with Crippen LogP contribution in [0.3, 0.4) is 0 Å². The van der Waals surface area contributed by atoms with Crippen LogP contribution in [0.5, 0.6) is 0 Å². The molecule has 0 aromatic heterocycles. The summed E-state index contributed by atoms with van der Waals surface area (Å²) in [6.45, 7) is 1.97. The van der Waals surface area contributed by atoms with Crippen LogP contribution in [0.25, 0.3) is 0 Å². The van der Waals surface area contributed by atoms with E-state index in [4.69, 9.17) is 5.73 Å². The van der Waals surface area contributed by atoms with Gasteiger partial charge in [0, 0.05) is 5.56 Å². The van der Waals surface area contributed by atoms with E-state index in [0.717, 1.165) is 18.9 Å². The number of aliphatic hydroxyl groups is 1. The molecule has 0 amide bonds. The number of rotatable bonds is 5. The molecule has 0 aliphatic heterocycles. The van der Waals surface area contributed by atoms with E-state index in [2.05, 4.69) is 15.9 Å². The molecule has 0 unspecified atom stereocenters. The van der Waals surface area contributed by atoms with Crippen LogP contribution >= 0.6 is 15.9 Å². The second kappa shape index (κ2) is 6.42. The van der Waals surface area contributed by atoms with Gasteiger partial charge in [0.2, 0.25) is 0 Å². The number of aliphatic hydroxyl groups excluding tert-OH is 1. The molecular formula is C12H16BrF2NO. The Labute approximate surface area is 108 Å². The van der Waals surface area contributed by atoms with Crippen molar-refractivity contribution in [1.82, 2.24) is 0 Å². The van der Waals surface area contributed by atoms with Gasteiger partial charge in [0.15, 0.2) is 0 Å². The topological polar surface area (TPSA) is 46.2 Å². The summed E-state index contributed by atoms with van der Waals surface area (Å²) in [6.07, 6.45) is 1.16. The van der Waals surface area contributed by atoms with E-state index in [-0.39, 0.29) is 10.0 Å². The molecule has 1 rings (SSSR count). The van der Waals surface area contributed by atoms with E-state index in [9.17, 15) is 13.9 Å². The third kappa shape index (κ3) is 3.47. The van der Waals surface area contributed by atoms with Crippen molar-refractivity contribution in [3.63, 3.8) is 0 Å². The normalized spacial score (nSPS) is 14.7. The van der Waals surface area contributed by atoms with Crippen LogP contribution in [0.15, 0.2) is 16.6 Å². The lowest BCUT2D eigenvalue weighted by molar-refractivity contribution is 0.129. The van der Waals surface area contributed by atoms with Crippen molar-refractivity contribution in [3.05, 3.63) is 33.8 Å². The van der Waals surface area contributed by atoms with E-state index < -0.39 is 23.8 Å². The zero-order valence-electron chi connectivity index (χ0n) is 9.59. The molecule has 0 radical (unpaired) electrons. The number of nitrogens with two attached hydrogens (primary N) is 1. The van der Waals surface area contributed by atoms with Crippen LogP contribution in [-0.2, 0) is 0 Å². The summed E-state index contributed by atoms with van der Waals surface area (Å²) < 4.78 is 27.4. The maximum atomic E-state index is 13.7. The van der Waals surface area contributed by atoms with Crippen LogP contribution < -0.4 is 5.73 Å². The van der Waals surface area contributed by atoms with Crippen LogP contribution in [0.4, 0.5) is 8.78 Å². The molecule has 0 fully saturated rings. The van der Waals surface area contributed by atoms with Gasteiger partial charge in [-0.2, -0.15) is 0 Å². The molecule has 0 aliphatic carbocycles. The lowest BCUT2D eigenvalue weighted by Crippen LogP contribution is -2.28. The van der Waals surface area contributed by atoms with Crippen molar-refractivity contribution in [2.75, 3.05) is 0 Å². The maximum absolute atomic E-state index is 13.7. The number of unbranched alkanes of at least 4 members (excludes halogenated alkanes) is 1. The highest BCUT2D eigenvalue weighted by Gasteiger charge is 2.24. The molecule has 96 valence electrons. The average molecular weight is 308 g/mol. The van der Waals surface area contributed by atoms with Crippen LogP contribution in [-0.4, -0.2) is 11.2 Å². The Morgan fingerprint density at radius 1 is 1.41 bits per heavy atom. The summed E-state index contributed by atoms with van der Waals surface area (Å²) in [5.41, 5.74) is 5.44. The Bertz CT molecular complexity index is 387.